The second-order valence-electron chi connectivity index (χ2n) is 4.72. The quantitative estimate of drug-likeness (QED) is 0.782. The molecule has 4 heteroatoms. The first-order valence-electron chi connectivity index (χ1n) is 5.46. The molecule has 2 nitrogen and oxygen atoms in total. The Morgan fingerprint density at radius 2 is 2.06 bits per heavy atom. The summed E-state index contributed by atoms with van der Waals surface area (Å²) in [4.78, 5) is 1.95. The van der Waals surface area contributed by atoms with Crippen LogP contribution in [-0.4, -0.2) is 10.7 Å². The van der Waals surface area contributed by atoms with Crippen molar-refractivity contribution in [3.8, 4) is 0 Å². The minimum absolute atomic E-state index is 0.0972. The van der Waals surface area contributed by atoms with Crippen molar-refractivity contribution in [2.24, 2.45) is 0 Å². The van der Waals surface area contributed by atoms with E-state index >= 15 is 0 Å². The van der Waals surface area contributed by atoms with Crippen LogP contribution in [0.25, 0.3) is 0 Å². The zero-order valence-electron chi connectivity index (χ0n) is 10.1. The summed E-state index contributed by atoms with van der Waals surface area (Å²) in [6, 6.07) is 5.83. The fourth-order valence-corrected chi connectivity index (χ4v) is 2.34. The van der Waals surface area contributed by atoms with Gasteiger partial charge in [0.15, 0.2) is 5.11 Å². The van der Waals surface area contributed by atoms with E-state index in [0.717, 1.165) is 16.3 Å². The number of nitrogens with zero attached hydrogens (tertiary/aromatic N) is 1. The summed E-state index contributed by atoms with van der Waals surface area (Å²) in [5.74, 6) is 0. The van der Waals surface area contributed by atoms with Crippen molar-refractivity contribution >= 4 is 34.6 Å². The van der Waals surface area contributed by atoms with Gasteiger partial charge in [-0.3, -0.25) is 4.90 Å². The number of thiocarbonyl (C=S) groups is 1. The van der Waals surface area contributed by atoms with Gasteiger partial charge < -0.3 is 5.32 Å². The summed E-state index contributed by atoms with van der Waals surface area (Å²) in [7, 11) is 0. The summed E-state index contributed by atoms with van der Waals surface area (Å²) < 4.78 is 0. The van der Waals surface area contributed by atoms with Crippen LogP contribution < -0.4 is 10.2 Å². The van der Waals surface area contributed by atoms with Crippen LogP contribution >= 0.6 is 23.8 Å². The highest BCUT2D eigenvalue weighted by Gasteiger charge is 2.24. The van der Waals surface area contributed by atoms with Gasteiger partial charge in [-0.05, 0) is 56.8 Å². The smallest absolute Gasteiger partial charge is 0.178 e. The van der Waals surface area contributed by atoms with E-state index in [1.165, 1.54) is 0 Å². The van der Waals surface area contributed by atoms with E-state index < -0.39 is 0 Å². The number of hydrogen-bond acceptors (Lipinski definition) is 1. The van der Waals surface area contributed by atoms with Gasteiger partial charge >= 0.3 is 0 Å². The lowest BCUT2D eigenvalue weighted by atomic mass is 10.0. The second-order valence-corrected chi connectivity index (χ2v) is 5.52. The van der Waals surface area contributed by atoms with Crippen LogP contribution in [0.5, 0.6) is 0 Å². The van der Waals surface area contributed by atoms with Crippen LogP contribution in [0.4, 0.5) is 5.69 Å². The van der Waals surface area contributed by atoms with Crippen molar-refractivity contribution < 1.29 is 0 Å². The monoisotopic (exact) mass is 266 g/mol. The summed E-state index contributed by atoms with van der Waals surface area (Å²) in [5.41, 5.74) is 1.95. The van der Waals surface area contributed by atoms with E-state index in [2.05, 4.69) is 25.2 Å². The Balaban J connectivity index is 2.42. The normalized spacial score (nSPS) is 18.1. The average molecular weight is 267 g/mol. The van der Waals surface area contributed by atoms with Gasteiger partial charge in [0.2, 0.25) is 0 Å². The Kier molecular flexibility index (Phi) is 3.15. The molecule has 0 amide bonds. The first-order chi connectivity index (χ1) is 7.91. The first-order valence-corrected chi connectivity index (χ1v) is 6.25. The summed E-state index contributed by atoms with van der Waals surface area (Å²) in [6.45, 7) is 6.16. The third kappa shape index (κ3) is 2.45. The summed E-state index contributed by atoms with van der Waals surface area (Å²) in [6.07, 6.45) is 4.08. The molecule has 0 aromatic heterocycles. The molecule has 0 bridgehead atoms. The Morgan fingerprint density at radius 3 is 2.71 bits per heavy atom. The van der Waals surface area contributed by atoms with Gasteiger partial charge in [0.25, 0.3) is 0 Å². The number of nitrogens with one attached hydrogen (secondary N) is 1. The zero-order chi connectivity index (χ0) is 12.6. The molecule has 0 fully saturated rings. The number of halogens is 1. The molecular weight excluding hydrogens is 252 g/mol. The molecule has 0 radical (unpaired) electrons. The Morgan fingerprint density at radius 1 is 1.35 bits per heavy atom. The van der Waals surface area contributed by atoms with E-state index in [-0.39, 0.29) is 5.54 Å². The Hall–Kier alpha value is -1.06. The van der Waals surface area contributed by atoms with E-state index in [0.29, 0.717) is 5.11 Å². The van der Waals surface area contributed by atoms with Gasteiger partial charge in [-0.1, -0.05) is 17.7 Å². The molecule has 1 aliphatic rings. The predicted molar refractivity (Wildman–Crippen MR) is 77.6 cm³/mol. The lowest BCUT2D eigenvalue weighted by Crippen LogP contribution is -2.51. The van der Waals surface area contributed by atoms with Crippen molar-refractivity contribution in [3.63, 3.8) is 0 Å². The largest absolute Gasteiger partial charge is 0.354 e. The van der Waals surface area contributed by atoms with Crippen LogP contribution in [0.15, 0.2) is 30.5 Å². The van der Waals surface area contributed by atoms with Crippen molar-refractivity contribution in [1.29, 1.82) is 0 Å². The van der Waals surface area contributed by atoms with E-state index in [1.54, 1.807) is 0 Å². The molecule has 90 valence electrons. The molecule has 2 rings (SSSR count). The fraction of sp³-hybridized carbons (Fsp3) is 0.308. The highest BCUT2D eigenvalue weighted by atomic mass is 35.5. The number of hydrogen-bond donors (Lipinski definition) is 1. The van der Waals surface area contributed by atoms with Gasteiger partial charge in [0, 0.05) is 11.2 Å². The van der Waals surface area contributed by atoms with Gasteiger partial charge in [-0.2, -0.15) is 0 Å². The maximum absolute atomic E-state index is 6.12. The molecule has 1 aromatic rings. The van der Waals surface area contributed by atoms with E-state index in [4.69, 9.17) is 23.8 Å². The van der Waals surface area contributed by atoms with Crippen LogP contribution in [0.2, 0.25) is 5.02 Å². The first kappa shape index (κ1) is 12.4. The highest BCUT2D eigenvalue weighted by Crippen LogP contribution is 2.28. The fourth-order valence-electron chi connectivity index (χ4n) is 1.75. The molecular formula is C13H15ClN2S. The SMILES string of the molecule is Cc1c(Cl)cccc1N1C=CC(C)(C)NC1=S. The van der Waals surface area contributed by atoms with Crippen LogP contribution in [-0.2, 0) is 0 Å². The molecule has 0 saturated carbocycles. The lowest BCUT2D eigenvalue weighted by molar-refractivity contribution is 0.566. The highest BCUT2D eigenvalue weighted by molar-refractivity contribution is 7.80. The van der Waals surface area contributed by atoms with Crippen LogP contribution in [0, 0.1) is 6.92 Å². The van der Waals surface area contributed by atoms with Gasteiger partial charge in [0.05, 0.1) is 11.2 Å². The summed E-state index contributed by atoms with van der Waals surface area (Å²) >= 11 is 11.5. The van der Waals surface area contributed by atoms with Crippen LogP contribution in [0.1, 0.15) is 19.4 Å². The molecule has 0 aliphatic carbocycles. The van der Waals surface area contributed by atoms with E-state index in [9.17, 15) is 0 Å². The zero-order valence-corrected chi connectivity index (χ0v) is 11.7. The number of rotatable bonds is 1. The second kappa shape index (κ2) is 4.31. The molecule has 0 saturated heterocycles. The molecule has 1 N–H and O–H groups in total. The van der Waals surface area contributed by atoms with Gasteiger partial charge in [-0.15, -0.1) is 0 Å². The number of anilines is 1. The molecule has 1 aliphatic heterocycles. The van der Waals surface area contributed by atoms with E-state index in [1.807, 2.05) is 36.2 Å². The maximum Gasteiger partial charge on any atom is 0.178 e. The van der Waals surface area contributed by atoms with Crippen molar-refractivity contribution in [1.82, 2.24) is 5.32 Å². The molecule has 0 spiro atoms. The molecule has 1 heterocycles. The molecule has 17 heavy (non-hydrogen) atoms. The average Bonchev–Trinajstić information content (AvgIpc) is 2.22. The van der Waals surface area contributed by atoms with Gasteiger partial charge in [-0.25, -0.2) is 0 Å². The Bertz CT molecular complexity index is 494. The number of benzene rings is 1. The lowest BCUT2D eigenvalue weighted by Gasteiger charge is -2.35. The topological polar surface area (TPSA) is 15.3 Å². The van der Waals surface area contributed by atoms with Gasteiger partial charge in [0.1, 0.15) is 0 Å². The van der Waals surface area contributed by atoms with Crippen molar-refractivity contribution in [3.05, 3.63) is 41.1 Å². The Labute approximate surface area is 112 Å². The third-order valence-electron chi connectivity index (χ3n) is 2.79. The standard InChI is InChI=1S/C13H15ClN2S/c1-9-10(14)5-4-6-11(9)16-8-7-13(2,3)15-12(16)17/h4-8H,1-3H3,(H,15,17). The third-order valence-corrected chi connectivity index (χ3v) is 3.50. The van der Waals surface area contributed by atoms with Crippen LogP contribution in [0.3, 0.4) is 0 Å². The van der Waals surface area contributed by atoms with Crippen molar-refractivity contribution in [2.45, 2.75) is 26.3 Å². The predicted octanol–water partition coefficient (Wildman–Crippen LogP) is 3.64. The minimum Gasteiger partial charge on any atom is -0.354 e. The maximum atomic E-state index is 6.12. The minimum atomic E-state index is -0.0972. The molecule has 1 aromatic carbocycles. The summed E-state index contributed by atoms with van der Waals surface area (Å²) in [5, 5.41) is 4.73. The molecule has 0 unspecified atom stereocenters. The van der Waals surface area contributed by atoms with Crippen molar-refractivity contribution in [2.75, 3.05) is 4.90 Å². The molecule has 0 atom stereocenters.